The maximum Gasteiger partial charge on any atom is 0.387 e. The Kier molecular flexibility index (Phi) is 5.82. The molecule has 24 heavy (non-hydrogen) atoms. The third kappa shape index (κ3) is 4.45. The van der Waals surface area contributed by atoms with Gasteiger partial charge in [-0.15, -0.1) is 0 Å². The Labute approximate surface area is 143 Å². The Morgan fingerprint density at radius 1 is 1.29 bits per heavy atom. The Morgan fingerprint density at radius 2 is 1.96 bits per heavy atom. The van der Waals surface area contributed by atoms with Crippen molar-refractivity contribution in [2.24, 2.45) is 10.8 Å². The first-order valence-electron chi connectivity index (χ1n) is 8.35. The summed E-state index contributed by atoms with van der Waals surface area (Å²) in [6.45, 7) is 14.3. The van der Waals surface area contributed by atoms with Gasteiger partial charge in [-0.3, -0.25) is 4.90 Å². The van der Waals surface area contributed by atoms with Crippen molar-refractivity contribution in [2.45, 2.75) is 46.8 Å². The van der Waals surface area contributed by atoms with Gasteiger partial charge < -0.3 is 9.58 Å². The Hall–Kier alpha value is -1.67. The predicted octanol–water partition coefficient (Wildman–Crippen LogP) is 4.84. The average molecular weight is 336 g/mol. The maximum atomic E-state index is 12.3. The molecule has 0 unspecified atom stereocenters. The fraction of sp³-hybridized carbons (Fsp3) is 0.632. The van der Waals surface area contributed by atoms with Crippen molar-refractivity contribution in [3.8, 4) is 5.75 Å². The lowest BCUT2D eigenvalue weighted by Crippen LogP contribution is -2.47. The van der Waals surface area contributed by atoms with Gasteiger partial charge in [-0.2, -0.15) is 8.78 Å². The number of piperidine rings is 1. The average Bonchev–Trinajstić information content (AvgIpc) is 2.48. The highest BCUT2D eigenvalue weighted by Crippen LogP contribution is 2.47. The SMILES string of the molecule is [C-]#[N+]CC1(C(C)(C)C)CCN(Cc2cccc(OC(F)F)c2)CC1. The summed E-state index contributed by atoms with van der Waals surface area (Å²) in [7, 11) is 0. The van der Waals surface area contributed by atoms with Crippen LogP contribution in [-0.2, 0) is 6.54 Å². The minimum absolute atomic E-state index is 0.0614. The normalized spacial score (nSPS) is 18.4. The first kappa shape index (κ1) is 18.7. The number of nitrogens with zero attached hydrogens (tertiary/aromatic N) is 2. The lowest BCUT2D eigenvalue weighted by molar-refractivity contribution is -0.0499. The summed E-state index contributed by atoms with van der Waals surface area (Å²) in [5.74, 6) is 0.205. The van der Waals surface area contributed by atoms with Crippen molar-refractivity contribution in [2.75, 3.05) is 19.6 Å². The summed E-state index contributed by atoms with van der Waals surface area (Å²) < 4.78 is 29.1. The van der Waals surface area contributed by atoms with E-state index in [0.717, 1.165) is 38.0 Å². The Balaban J connectivity index is 1.99. The molecule has 1 aromatic carbocycles. The summed E-state index contributed by atoms with van der Waals surface area (Å²) in [6.07, 6.45) is 1.98. The van der Waals surface area contributed by atoms with E-state index in [4.69, 9.17) is 6.57 Å². The molecule has 5 heteroatoms. The van der Waals surface area contributed by atoms with E-state index in [2.05, 4.69) is 35.3 Å². The molecule has 1 heterocycles. The van der Waals surface area contributed by atoms with Crippen molar-refractivity contribution in [3.63, 3.8) is 0 Å². The van der Waals surface area contributed by atoms with Crippen LogP contribution in [0.15, 0.2) is 24.3 Å². The van der Waals surface area contributed by atoms with Gasteiger partial charge in [0.25, 0.3) is 0 Å². The van der Waals surface area contributed by atoms with Crippen LogP contribution in [0, 0.1) is 17.4 Å². The van der Waals surface area contributed by atoms with E-state index in [1.807, 2.05) is 6.07 Å². The topological polar surface area (TPSA) is 16.8 Å². The van der Waals surface area contributed by atoms with E-state index in [1.165, 1.54) is 0 Å². The number of hydrogen-bond donors (Lipinski definition) is 0. The molecule has 0 bridgehead atoms. The zero-order chi connectivity index (χ0) is 17.8. The third-order valence-electron chi connectivity index (χ3n) is 5.32. The van der Waals surface area contributed by atoms with Crippen LogP contribution in [0.2, 0.25) is 0 Å². The Morgan fingerprint density at radius 3 is 2.50 bits per heavy atom. The van der Waals surface area contributed by atoms with Crippen molar-refractivity contribution >= 4 is 0 Å². The molecular formula is C19H26F2N2O. The summed E-state index contributed by atoms with van der Waals surface area (Å²) in [5.41, 5.74) is 1.14. The van der Waals surface area contributed by atoms with Crippen LogP contribution in [0.1, 0.15) is 39.2 Å². The molecule has 132 valence electrons. The maximum absolute atomic E-state index is 12.3. The number of benzene rings is 1. The van der Waals surface area contributed by atoms with E-state index < -0.39 is 6.61 Å². The fourth-order valence-corrected chi connectivity index (χ4v) is 3.51. The number of hydrogen-bond acceptors (Lipinski definition) is 2. The highest BCUT2D eigenvalue weighted by atomic mass is 19.3. The van der Waals surface area contributed by atoms with Crippen LogP contribution < -0.4 is 4.74 Å². The van der Waals surface area contributed by atoms with E-state index >= 15 is 0 Å². The van der Waals surface area contributed by atoms with Crippen molar-refractivity contribution in [3.05, 3.63) is 41.2 Å². The molecule has 0 radical (unpaired) electrons. The minimum Gasteiger partial charge on any atom is -0.435 e. The second-order valence-electron chi connectivity index (χ2n) is 7.65. The minimum atomic E-state index is -2.80. The van der Waals surface area contributed by atoms with Crippen LogP contribution in [0.4, 0.5) is 8.78 Å². The molecular weight excluding hydrogens is 310 g/mol. The van der Waals surface area contributed by atoms with Gasteiger partial charge in [0.05, 0.1) is 0 Å². The van der Waals surface area contributed by atoms with Gasteiger partial charge in [0.2, 0.25) is 6.54 Å². The van der Waals surface area contributed by atoms with E-state index in [0.29, 0.717) is 6.54 Å². The summed E-state index contributed by atoms with van der Waals surface area (Å²) >= 11 is 0. The Bertz CT molecular complexity index is 582. The summed E-state index contributed by atoms with van der Waals surface area (Å²) in [4.78, 5) is 6.02. The van der Waals surface area contributed by atoms with Crippen LogP contribution in [0.5, 0.6) is 5.75 Å². The van der Waals surface area contributed by atoms with Gasteiger partial charge in [0, 0.05) is 12.0 Å². The van der Waals surface area contributed by atoms with Crippen LogP contribution >= 0.6 is 0 Å². The fourth-order valence-electron chi connectivity index (χ4n) is 3.51. The molecule has 0 amide bonds. The first-order valence-corrected chi connectivity index (χ1v) is 8.35. The molecule has 0 aliphatic carbocycles. The number of ether oxygens (including phenoxy) is 1. The molecule has 1 aromatic rings. The molecule has 1 saturated heterocycles. The van der Waals surface area contributed by atoms with Gasteiger partial charge in [0.1, 0.15) is 5.75 Å². The predicted molar refractivity (Wildman–Crippen MR) is 90.9 cm³/mol. The molecule has 1 aliphatic heterocycles. The van der Waals surface area contributed by atoms with Gasteiger partial charge >= 0.3 is 6.61 Å². The monoisotopic (exact) mass is 336 g/mol. The molecule has 0 saturated carbocycles. The van der Waals surface area contributed by atoms with Crippen LogP contribution in [0.25, 0.3) is 4.85 Å². The largest absolute Gasteiger partial charge is 0.435 e. The smallest absolute Gasteiger partial charge is 0.387 e. The second kappa shape index (κ2) is 7.48. The molecule has 0 spiro atoms. The standard InChI is InChI=1S/C19H26F2N2O/c1-18(2,3)19(14-22-4)8-10-23(11-9-19)13-15-6-5-7-16(12-15)24-17(20)21/h5-7,12,17H,8-11,13-14H2,1-3H3. The summed E-state index contributed by atoms with van der Waals surface area (Å²) in [6, 6.07) is 6.90. The van der Waals surface area contributed by atoms with Crippen LogP contribution in [-0.4, -0.2) is 31.1 Å². The van der Waals surface area contributed by atoms with Crippen molar-refractivity contribution in [1.29, 1.82) is 0 Å². The summed E-state index contributed by atoms with van der Waals surface area (Å²) in [5, 5.41) is 0. The second-order valence-corrected chi connectivity index (χ2v) is 7.65. The highest BCUT2D eigenvalue weighted by molar-refractivity contribution is 5.28. The zero-order valence-corrected chi connectivity index (χ0v) is 14.7. The number of likely N-dealkylation sites (tertiary alicyclic amines) is 1. The number of alkyl halides is 2. The molecule has 1 fully saturated rings. The lowest BCUT2D eigenvalue weighted by atomic mass is 9.61. The highest BCUT2D eigenvalue weighted by Gasteiger charge is 2.46. The van der Waals surface area contributed by atoms with Crippen molar-refractivity contribution < 1.29 is 13.5 Å². The number of halogens is 2. The molecule has 0 atom stereocenters. The third-order valence-corrected chi connectivity index (χ3v) is 5.32. The quantitative estimate of drug-likeness (QED) is 0.716. The number of rotatable bonds is 5. The molecule has 3 nitrogen and oxygen atoms in total. The molecule has 2 rings (SSSR count). The van der Waals surface area contributed by atoms with E-state index in [1.54, 1.807) is 18.2 Å². The first-order chi connectivity index (χ1) is 11.3. The van der Waals surface area contributed by atoms with Gasteiger partial charge in [-0.25, -0.2) is 6.57 Å². The van der Waals surface area contributed by atoms with Crippen LogP contribution in [0.3, 0.4) is 0 Å². The van der Waals surface area contributed by atoms with E-state index in [-0.39, 0.29) is 16.6 Å². The van der Waals surface area contributed by atoms with Gasteiger partial charge in [-0.05, 0) is 49.0 Å². The van der Waals surface area contributed by atoms with Gasteiger partial charge in [0.15, 0.2) is 0 Å². The van der Waals surface area contributed by atoms with Crippen molar-refractivity contribution in [1.82, 2.24) is 4.90 Å². The zero-order valence-electron chi connectivity index (χ0n) is 14.7. The molecule has 0 N–H and O–H groups in total. The van der Waals surface area contributed by atoms with E-state index in [9.17, 15) is 8.78 Å². The lowest BCUT2D eigenvalue weighted by Gasteiger charge is -2.46. The van der Waals surface area contributed by atoms with Gasteiger partial charge in [-0.1, -0.05) is 32.9 Å². The molecule has 1 aliphatic rings. The molecule has 0 aromatic heterocycles.